The van der Waals surface area contributed by atoms with E-state index in [1.807, 2.05) is 32.8 Å². The molecule has 0 saturated heterocycles. The lowest BCUT2D eigenvalue weighted by Crippen LogP contribution is -2.38. The lowest BCUT2D eigenvalue weighted by atomic mass is 10.1. The van der Waals surface area contributed by atoms with Gasteiger partial charge in [-0.25, -0.2) is 0 Å². The van der Waals surface area contributed by atoms with Gasteiger partial charge in [0.05, 0.1) is 4.99 Å². The highest BCUT2D eigenvalue weighted by atomic mass is 32.1. The molecule has 0 unspecified atom stereocenters. The van der Waals surface area contributed by atoms with E-state index in [-0.39, 0.29) is 11.8 Å². The molecule has 0 aliphatic heterocycles. The Hall–Kier alpha value is -0.680. The Morgan fingerprint density at radius 2 is 1.82 bits per heavy atom. The topological polar surface area (TPSA) is 49.6 Å². The number of amides is 1. The molecule has 0 spiro atoms. The molecular weight excluding hydrogens is 234 g/mol. The van der Waals surface area contributed by atoms with Crippen molar-refractivity contribution in [1.29, 1.82) is 0 Å². The summed E-state index contributed by atoms with van der Waals surface area (Å²) in [5.41, 5.74) is 5.48. The van der Waals surface area contributed by atoms with E-state index in [2.05, 4.69) is 4.90 Å². The van der Waals surface area contributed by atoms with E-state index in [9.17, 15) is 4.79 Å². The zero-order valence-electron chi connectivity index (χ0n) is 11.4. The summed E-state index contributed by atoms with van der Waals surface area (Å²) in [6, 6.07) is 0. The largest absolute Gasteiger partial charge is 0.393 e. The zero-order valence-corrected chi connectivity index (χ0v) is 12.2. The van der Waals surface area contributed by atoms with Crippen LogP contribution in [-0.4, -0.2) is 54.4 Å². The van der Waals surface area contributed by atoms with E-state index >= 15 is 0 Å². The number of carbonyl (C=O) groups is 1. The van der Waals surface area contributed by atoms with Crippen molar-refractivity contribution < 1.29 is 4.79 Å². The molecule has 2 N–H and O–H groups in total. The van der Waals surface area contributed by atoms with Gasteiger partial charge >= 0.3 is 0 Å². The fourth-order valence-electron chi connectivity index (χ4n) is 1.52. The molecular formula is C12H25N3OS. The number of rotatable bonds is 8. The van der Waals surface area contributed by atoms with E-state index in [0.29, 0.717) is 18.0 Å². The number of nitrogens with zero attached hydrogens (tertiary/aromatic N) is 2. The summed E-state index contributed by atoms with van der Waals surface area (Å²) in [6.07, 6.45) is 1.58. The first kappa shape index (κ1) is 16.3. The third-order valence-electron chi connectivity index (χ3n) is 2.47. The molecule has 0 aromatic heterocycles. The summed E-state index contributed by atoms with van der Waals surface area (Å²) in [5.74, 6) is 0.209. The molecule has 0 aromatic carbocycles. The van der Waals surface area contributed by atoms with E-state index in [0.717, 1.165) is 19.5 Å². The average Bonchev–Trinajstić information content (AvgIpc) is 2.21. The normalized spacial score (nSPS) is 10.9. The maximum Gasteiger partial charge on any atom is 0.225 e. The highest BCUT2D eigenvalue weighted by molar-refractivity contribution is 7.80. The van der Waals surface area contributed by atoms with Gasteiger partial charge in [0, 0.05) is 25.4 Å². The third-order valence-corrected chi connectivity index (χ3v) is 2.67. The van der Waals surface area contributed by atoms with E-state index in [4.69, 9.17) is 18.0 Å². The molecule has 0 rings (SSSR count). The SMILES string of the molecule is CC(C)C(=O)N(CCCN(C)C)CCC(N)=S. The molecule has 0 radical (unpaired) electrons. The second-order valence-electron chi connectivity index (χ2n) is 4.85. The van der Waals surface area contributed by atoms with Crippen molar-refractivity contribution in [3.63, 3.8) is 0 Å². The molecule has 0 aliphatic rings. The molecule has 1 amide bonds. The highest BCUT2D eigenvalue weighted by Gasteiger charge is 2.16. The molecule has 5 heteroatoms. The van der Waals surface area contributed by atoms with Gasteiger partial charge in [-0.2, -0.15) is 0 Å². The fourth-order valence-corrected chi connectivity index (χ4v) is 1.61. The fraction of sp³-hybridized carbons (Fsp3) is 0.833. The van der Waals surface area contributed by atoms with E-state index in [1.165, 1.54) is 0 Å². The van der Waals surface area contributed by atoms with Gasteiger partial charge in [-0.05, 0) is 27.1 Å². The predicted octanol–water partition coefficient (Wildman–Crippen LogP) is 1.10. The summed E-state index contributed by atoms with van der Waals surface area (Å²) in [6.45, 7) is 6.23. The number of carbonyl (C=O) groups excluding carboxylic acids is 1. The van der Waals surface area contributed by atoms with Gasteiger partial charge in [0.1, 0.15) is 0 Å². The Kier molecular flexibility index (Phi) is 8.08. The summed E-state index contributed by atoms with van der Waals surface area (Å²) in [7, 11) is 4.06. The molecule has 0 heterocycles. The summed E-state index contributed by atoms with van der Waals surface area (Å²) >= 11 is 4.85. The average molecular weight is 259 g/mol. The smallest absolute Gasteiger partial charge is 0.225 e. The van der Waals surface area contributed by atoms with Gasteiger partial charge in [-0.3, -0.25) is 4.79 Å². The number of thiocarbonyl (C=S) groups is 1. The van der Waals surface area contributed by atoms with Crippen molar-refractivity contribution >= 4 is 23.1 Å². The second kappa shape index (κ2) is 8.42. The van der Waals surface area contributed by atoms with Crippen LogP contribution in [0.15, 0.2) is 0 Å². The molecule has 0 aromatic rings. The van der Waals surface area contributed by atoms with Crippen LogP contribution in [0.4, 0.5) is 0 Å². The minimum Gasteiger partial charge on any atom is -0.393 e. The van der Waals surface area contributed by atoms with Crippen LogP contribution in [0.25, 0.3) is 0 Å². The number of hydrogen-bond donors (Lipinski definition) is 1. The van der Waals surface area contributed by atoms with Crippen molar-refractivity contribution in [3.05, 3.63) is 0 Å². The van der Waals surface area contributed by atoms with Crippen LogP contribution in [0.3, 0.4) is 0 Å². The molecule has 0 saturated carbocycles. The molecule has 0 aliphatic carbocycles. The van der Waals surface area contributed by atoms with Crippen LogP contribution in [-0.2, 0) is 4.79 Å². The monoisotopic (exact) mass is 259 g/mol. The number of nitrogens with two attached hydrogens (primary N) is 1. The minimum atomic E-state index is 0.0284. The Balaban J connectivity index is 4.20. The van der Waals surface area contributed by atoms with Crippen molar-refractivity contribution in [2.75, 3.05) is 33.7 Å². The maximum atomic E-state index is 12.0. The predicted molar refractivity (Wildman–Crippen MR) is 76.0 cm³/mol. The first-order chi connectivity index (χ1) is 7.84. The summed E-state index contributed by atoms with van der Waals surface area (Å²) in [4.78, 5) is 16.4. The third kappa shape index (κ3) is 8.10. The maximum absolute atomic E-state index is 12.0. The van der Waals surface area contributed by atoms with Crippen LogP contribution >= 0.6 is 12.2 Å². The zero-order chi connectivity index (χ0) is 13.4. The van der Waals surface area contributed by atoms with Crippen LogP contribution in [0.5, 0.6) is 0 Å². The Bertz CT molecular complexity index is 254. The van der Waals surface area contributed by atoms with Gasteiger partial charge in [0.15, 0.2) is 0 Å². The van der Waals surface area contributed by atoms with Gasteiger partial charge < -0.3 is 15.5 Å². The minimum absolute atomic E-state index is 0.0284. The first-order valence-electron chi connectivity index (χ1n) is 6.06. The van der Waals surface area contributed by atoms with Crippen molar-refractivity contribution in [3.8, 4) is 0 Å². The van der Waals surface area contributed by atoms with Crippen molar-refractivity contribution in [1.82, 2.24) is 9.80 Å². The molecule has 4 nitrogen and oxygen atoms in total. The Morgan fingerprint density at radius 3 is 2.24 bits per heavy atom. The van der Waals surface area contributed by atoms with Crippen molar-refractivity contribution in [2.45, 2.75) is 26.7 Å². The molecule has 17 heavy (non-hydrogen) atoms. The lowest BCUT2D eigenvalue weighted by Gasteiger charge is -2.25. The Labute approximate surface area is 110 Å². The first-order valence-corrected chi connectivity index (χ1v) is 6.47. The van der Waals surface area contributed by atoms with Gasteiger partial charge in [-0.1, -0.05) is 26.1 Å². The standard InChI is InChI=1S/C12H25N3OS/c1-10(2)12(16)15(9-6-11(13)17)8-5-7-14(3)4/h10H,5-9H2,1-4H3,(H2,13,17). The van der Waals surface area contributed by atoms with E-state index in [1.54, 1.807) is 0 Å². The van der Waals surface area contributed by atoms with Crippen LogP contribution in [0.2, 0.25) is 0 Å². The number of hydrogen-bond acceptors (Lipinski definition) is 3. The lowest BCUT2D eigenvalue weighted by molar-refractivity contribution is -0.134. The van der Waals surface area contributed by atoms with E-state index < -0.39 is 0 Å². The van der Waals surface area contributed by atoms with Crippen molar-refractivity contribution in [2.24, 2.45) is 11.7 Å². The summed E-state index contributed by atoms with van der Waals surface area (Å²) in [5, 5.41) is 0. The molecule has 0 fully saturated rings. The van der Waals surface area contributed by atoms with Crippen LogP contribution in [0.1, 0.15) is 26.7 Å². The molecule has 0 bridgehead atoms. The highest BCUT2D eigenvalue weighted by Crippen LogP contribution is 2.04. The second-order valence-corrected chi connectivity index (χ2v) is 5.38. The molecule has 0 atom stereocenters. The Morgan fingerprint density at radius 1 is 1.24 bits per heavy atom. The van der Waals surface area contributed by atoms with Gasteiger partial charge in [0.25, 0.3) is 0 Å². The molecule has 100 valence electrons. The van der Waals surface area contributed by atoms with Crippen LogP contribution < -0.4 is 5.73 Å². The van der Waals surface area contributed by atoms with Crippen LogP contribution in [0, 0.1) is 5.92 Å². The quantitative estimate of drug-likeness (QED) is 0.663. The van der Waals surface area contributed by atoms with Gasteiger partial charge in [0.2, 0.25) is 5.91 Å². The summed E-state index contributed by atoms with van der Waals surface area (Å²) < 4.78 is 0. The van der Waals surface area contributed by atoms with Gasteiger partial charge in [-0.15, -0.1) is 0 Å².